The Morgan fingerprint density at radius 2 is 1.67 bits per heavy atom. The molecule has 9 nitrogen and oxygen atoms in total. The number of nitrogens with zero attached hydrogens (tertiary/aromatic N) is 2. The highest BCUT2D eigenvalue weighted by molar-refractivity contribution is 6.36. The second-order valence-electron chi connectivity index (χ2n) is 6.86. The first kappa shape index (κ1) is 23.7. The summed E-state index contributed by atoms with van der Waals surface area (Å²) < 4.78 is 45.9. The van der Waals surface area contributed by atoms with Gasteiger partial charge in [-0.15, -0.1) is 13.2 Å². The normalized spacial score (nSPS) is 14.1. The summed E-state index contributed by atoms with van der Waals surface area (Å²) in [6, 6.07) is 9.72. The number of nitro benzene ring substituents is 1. The number of amides is 2. The standard InChI is InChI=1S/C21H18F3N3O6/c1-32-12-2-11-26-19(28)17(13-3-7-15(8-4-13)27(30)31)18(20(26)29)25-14-5-9-16(10-6-14)33-21(22,23)24/h3-10,25H,2,11-12H2,1H3. The Morgan fingerprint density at radius 1 is 1.03 bits per heavy atom. The predicted octanol–water partition coefficient (Wildman–Crippen LogP) is 3.72. The van der Waals surface area contributed by atoms with Gasteiger partial charge in [0.05, 0.1) is 10.5 Å². The number of alkyl halides is 3. The van der Waals surface area contributed by atoms with E-state index >= 15 is 0 Å². The summed E-state index contributed by atoms with van der Waals surface area (Å²) in [5.74, 6) is -1.70. The molecule has 2 aromatic carbocycles. The lowest BCUT2D eigenvalue weighted by atomic mass is 10.0. The summed E-state index contributed by atoms with van der Waals surface area (Å²) >= 11 is 0. The van der Waals surface area contributed by atoms with Gasteiger partial charge in [0.25, 0.3) is 17.5 Å². The molecule has 0 saturated carbocycles. The molecule has 0 aromatic heterocycles. The summed E-state index contributed by atoms with van der Waals surface area (Å²) in [7, 11) is 1.48. The second-order valence-corrected chi connectivity index (χ2v) is 6.86. The average molecular weight is 465 g/mol. The Balaban J connectivity index is 1.94. The highest BCUT2D eigenvalue weighted by Crippen LogP contribution is 2.32. The van der Waals surface area contributed by atoms with Crippen molar-refractivity contribution in [1.29, 1.82) is 0 Å². The molecule has 0 fully saturated rings. The van der Waals surface area contributed by atoms with Crippen LogP contribution in [0.15, 0.2) is 54.2 Å². The van der Waals surface area contributed by atoms with Crippen molar-refractivity contribution >= 4 is 28.8 Å². The summed E-state index contributed by atoms with van der Waals surface area (Å²) in [6.07, 6.45) is -4.46. The molecule has 3 rings (SSSR count). The highest BCUT2D eigenvalue weighted by Gasteiger charge is 2.39. The lowest BCUT2D eigenvalue weighted by Gasteiger charge is -2.15. The van der Waals surface area contributed by atoms with Gasteiger partial charge in [0, 0.05) is 38.1 Å². The van der Waals surface area contributed by atoms with E-state index in [0.29, 0.717) is 13.0 Å². The van der Waals surface area contributed by atoms with E-state index in [1.807, 2.05) is 0 Å². The monoisotopic (exact) mass is 465 g/mol. The van der Waals surface area contributed by atoms with E-state index in [1.54, 1.807) is 0 Å². The number of methoxy groups -OCH3 is 1. The number of hydrogen-bond acceptors (Lipinski definition) is 7. The van der Waals surface area contributed by atoms with Crippen LogP contribution < -0.4 is 10.1 Å². The maximum absolute atomic E-state index is 13.0. The maximum Gasteiger partial charge on any atom is 0.573 e. The van der Waals surface area contributed by atoms with Gasteiger partial charge < -0.3 is 14.8 Å². The van der Waals surface area contributed by atoms with E-state index in [-0.39, 0.29) is 34.8 Å². The second kappa shape index (κ2) is 9.69. The van der Waals surface area contributed by atoms with Gasteiger partial charge in [-0.05, 0) is 48.4 Å². The molecule has 0 bridgehead atoms. The summed E-state index contributed by atoms with van der Waals surface area (Å²) in [6.45, 7) is 0.388. The number of carbonyl (C=O) groups excluding carboxylic acids is 2. The van der Waals surface area contributed by atoms with Gasteiger partial charge in [0.15, 0.2) is 0 Å². The number of anilines is 1. The average Bonchev–Trinajstić information content (AvgIpc) is 2.98. The van der Waals surface area contributed by atoms with Crippen molar-refractivity contribution in [2.75, 3.05) is 25.6 Å². The first-order chi connectivity index (χ1) is 15.6. The van der Waals surface area contributed by atoms with Crippen LogP contribution in [-0.4, -0.2) is 48.3 Å². The number of nitro groups is 1. The van der Waals surface area contributed by atoms with Gasteiger partial charge in [-0.2, -0.15) is 0 Å². The van der Waals surface area contributed by atoms with Crippen molar-refractivity contribution in [3.05, 3.63) is 69.9 Å². The Bertz CT molecular complexity index is 1080. The summed E-state index contributed by atoms with van der Waals surface area (Å²) in [4.78, 5) is 37.4. The van der Waals surface area contributed by atoms with E-state index in [4.69, 9.17) is 4.74 Å². The largest absolute Gasteiger partial charge is 0.573 e. The molecule has 0 spiro atoms. The van der Waals surface area contributed by atoms with Gasteiger partial charge in [0.1, 0.15) is 11.4 Å². The van der Waals surface area contributed by atoms with Crippen LogP contribution >= 0.6 is 0 Å². The smallest absolute Gasteiger partial charge is 0.406 e. The zero-order chi connectivity index (χ0) is 24.2. The van der Waals surface area contributed by atoms with Crippen LogP contribution in [0.4, 0.5) is 24.5 Å². The molecule has 174 valence electrons. The van der Waals surface area contributed by atoms with E-state index in [0.717, 1.165) is 17.0 Å². The molecule has 1 aliphatic rings. The lowest BCUT2D eigenvalue weighted by molar-refractivity contribution is -0.384. The lowest BCUT2D eigenvalue weighted by Crippen LogP contribution is -2.33. The minimum Gasteiger partial charge on any atom is -0.406 e. The van der Waals surface area contributed by atoms with Gasteiger partial charge in [-0.3, -0.25) is 24.6 Å². The first-order valence-corrected chi connectivity index (χ1v) is 9.58. The third kappa shape index (κ3) is 5.66. The Labute approximate surface area is 185 Å². The number of benzene rings is 2. The number of imide groups is 1. The molecule has 2 amide bonds. The molecule has 12 heteroatoms. The molecule has 0 saturated heterocycles. The molecule has 33 heavy (non-hydrogen) atoms. The molecule has 0 atom stereocenters. The van der Waals surface area contributed by atoms with E-state index in [9.17, 15) is 32.9 Å². The SMILES string of the molecule is COCCCN1C(=O)C(Nc2ccc(OC(F)(F)F)cc2)=C(c2ccc([N+](=O)[O-])cc2)C1=O. The van der Waals surface area contributed by atoms with E-state index < -0.39 is 28.8 Å². The summed E-state index contributed by atoms with van der Waals surface area (Å²) in [5.41, 5.74) is 0.202. The van der Waals surface area contributed by atoms with Crippen LogP contribution in [0, 0.1) is 10.1 Å². The third-order valence-electron chi connectivity index (χ3n) is 4.62. The Kier molecular flexibility index (Phi) is 6.97. The fraction of sp³-hybridized carbons (Fsp3) is 0.238. The number of carbonyl (C=O) groups is 2. The van der Waals surface area contributed by atoms with E-state index in [2.05, 4.69) is 10.1 Å². The zero-order valence-electron chi connectivity index (χ0n) is 17.2. The van der Waals surface area contributed by atoms with Crippen molar-refractivity contribution in [2.24, 2.45) is 0 Å². The molecular formula is C21H18F3N3O6. The number of hydrogen-bond donors (Lipinski definition) is 1. The minimum atomic E-state index is -4.85. The van der Waals surface area contributed by atoms with Crippen molar-refractivity contribution in [3.8, 4) is 5.75 Å². The number of halogens is 3. The topological polar surface area (TPSA) is 111 Å². The van der Waals surface area contributed by atoms with Gasteiger partial charge in [0.2, 0.25) is 0 Å². The highest BCUT2D eigenvalue weighted by atomic mass is 19.4. The van der Waals surface area contributed by atoms with Crippen molar-refractivity contribution < 1.29 is 37.2 Å². The quantitative estimate of drug-likeness (QED) is 0.260. The molecule has 1 heterocycles. The van der Waals surface area contributed by atoms with Gasteiger partial charge in [-0.25, -0.2) is 0 Å². The van der Waals surface area contributed by atoms with Crippen LogP contribution in [0.25, 0.3) is 5.57 Å². The number of ether oxygens (including phenoxy) is 2. The molecule has 1 N–H and O–H groups in total. The molecular weight excluding hydrogens is 447 g/mol. The molecule has 1 aliphatic heterocycles. The number of non-ortho nitro benzene ring substituents is 1. The Hall–Kier alpha value is -3.93. The minimum absolute atomic E-state index is 0.0112. The molecule has 0 radical (unpaired) electrons. The maximum atomic E-state index is 13.0. The number of rotatable bonds is 9. The van der Waals surface area contributed by atoms with E-state index in [1.165, 1.54) is 43.5 Å². The molecule has 0 aliphatic carbocycles. The van der Waals surface area contributed by atoms with Crippen molar-refractivity contribution in [3.63, 3.8) is 0 Å². The van der Waals surface area contributed by atoms with Crippen LogP contribution in [0.1, 0.15) is 12.0 Å². The van der Waals surface area contributed by atoms with Crippen LogP contribution in [0.2, 0.25) is 0 Å². The first-order valence-electron chi connectivity index (χ1n) is 9.58. The third-order valence-corrected chi connectivity index (χ3v) is 4.62. The van der Waals surface area contributed by atoms with Crippen molar-refractivity contribution in [1.82, 2.24) is 4.90 Å². The Morgan fingerprint density at radius 3 is 2.21 bits per heavy atom. The zero-order valence-corrected chi connectivity index (χ0v) is 17.2. The molecule has 2 aromatic rings. The van der Waals surface area contributed by atoms with Crippen LogP contribution in [0.5, 0.6) is 5.75 Å². The van der Waals surface area contributed by atoms with Gasteiger partial charge >= 0.3 is 6.36 Å². The van der Waals surface area contributed by atoms with Crippen LogP contribution in [-0.2, 0) is 14.3 Å². The predicted molar refractivity (Wildman–Crippen MR) is 110 cm³/mol. The van der Waals surface area contributed by atoms with Crippen LogP contribution in [0.3, 0.4) is 0 Å². The fourth-order valence-corrected chi connectivity index (χ4v) is 3.16. The number of nitrogens with one attached hydrogen (secondary N) is 1. The fourth-order valence-electron chi connectivity index (χ4n) is 3.16. The van der Waals surface area contributed by atoms with Gasteiger partial charge in [-0.1, -0.05) is 0 Å². The molecule has 0 unspecified atom stereocenters. The summed E-state index contributed by atoms with van der Waals surface area (Å²) in [5, 5.41) is 13.7. The van der Waals surface area contributed by atoms with Crippen molar-refractivity contribution in [2.45, 2.75) is 12.8 Å².